The molecule has 0 spiro atoms. The van der Waals surface area contributed by atoms with Gasteiger partial charge in [-0.1, -0.05) is 25.3 Å². The lowest BCUT2D eigenvalue weighted by molar-refractivity contribution is 0.205. The molecule has 1 aliphatic carbocycles. The third-order valence-corrected chi connectivity index (χ3v) is 5.37. The Morgan fingerprint density at radius 2 is 1.92 bits per heavy atom. The molecule has 0 radical (unpaired) electrons. The Morgan fingerprint density at radius 1 is 1.04 bits per heavy atom. The summed E-state index contributed by atoms with van der Waals surface area (Å²) in [5.41, 5.74) is 0.968. The highest BCUT2D eigenvalue weighted by molar-refractivity contribution is 5.88. The molecular weight excluding hydrogens is 314 g/mol. The van der Waals surface area contributed by atoms with Gasteiger partial charge in [0.2, 0.25) is 0 Å². The van der Waals surface area contributed by atoms with E-state index in [1.165, 1.54) is 19.3 Å². The van der Waals surface area contributed by atoms with Crippen LogP contribution in [0.3, 0.4) is 0 Å². The van der Waals surface area contributed by atoms with E-state index in [2.05, 4.69) is 15.4 Å². The van der Waals surface area contributed by atoms with Gasteiger partial charge in [-0.05, 0) is 37.8 Å². The maximum atomic E-state index is 12.9. The number of pyridine rings is 1. The summed E-state index contributed by atoms with van der Waals surface area (Å²) < 4.78 is 2.00. The maximum Gasteiger partial charge on any atom is 0.323 e. The monoisotopic (exact) mass is 339 g/mol. The first-order chi connectivity index (χ1) is 12.3. The summed E-state index contributed by atoms with van der Waals surface area (Å²) in [6.07, 6.45) is 11.6. The van der Waals surface area contributed by atoms with Gasteiger partial charge in [0.05, 0.1) is 24.0 Å². The molecule has 6 heteroatoms. The second kappa shape index (κ2) is 7.25. The Bertz CT molecular complexity index is 708. The van der Waals surface area contributed by atoms with E-state index in [-0.39, 0.29) is 12.1 Å². The summed E-state index contributed by atoms with van der Waals surface area (Å²) >= 11 is 0. The number of aromatic nitrogens is 3. The fourth-order valence-electron chi connectivity index (χ4n) is 4.10. The van der Waals surface area contributed by atoms with E-state index in [0.717, 1.165) is 43.7 Å². The van der Waals surface area contributed by atoms with Crippen LogP contribution in [-0.4, -0.2) is 32.2 Å². The number of anilines is 1. The van der Waals surface area contributed by atoms with Crippen LogP contribution in [0.2, 0.25) is 0 Å². The molecule has 1 aliphatic heterocycles. The summed E-state index contributed by atoms with van der Waals surface area (Å²) in [7, 11) is 0. The van der Waals surface area contributed by atoms with E-state index in [1.54, 1.807) is 12.4 Å². The van der Waals surface area contributed by atoms with Crippen molar-refractivity contribution < 1.29 is 4.79 Å². The van der Waals surface area contributed by atoms with E-state index >= 15 is 0 Å². The molecule has 2 aromatic rings. The first-order valence-corrected chi connectivity index (χ1v) is 9.35. The van der Waals surface area contributed by atoms with Crippen molar-refractivity contribution in [1.82, 2.24) is 19.7 Å². The third kappa shape index (κ3) is 3.38. The highest BCUT2D eigenvalue weighted by Crippen LogP contribution is 2.32. The Labute approximate surface area is 148 Å². The van der Waals surface area contributed by atoms with Crippen molar-refractivity contribution in [2.75, 3.05) is 11.9 Å². The number of likely N-dealkylation sites (tertiary alicyclic amines) is 1. The molecule has 25 heavy (non-hydrogen) atoms. The Balaban J connectivity index is 1.48. The van der Waals surface area contributed by atoms with Crippen LogP contribution in [0, 0.1) is 0 Å². The second-order valence-corrected chi connectivity index (χ2v) is 6.99. The number of rotatable bonds is 3. The summed E-state index contributed by atoms with van der Waals surface area (Å²) in [5, 5.41) is 7.56. The van der Waals surface area contributed by atoms with Crippen LogP contribution in [-0.2, 0) is 0 Å². The van der Waals surface area contributed by atoms with Crippen molar-refractivity contribution in [2.45, 2.75) is 57.0 Å². The molecule has 2 aliphatic rings. The van der Waals surface area contributed by atoms with Gasteiger partial charge < -0.3 is 4.90 Å². The number of amides is 2. The molecule has 3 heterocycles. The van der Waals surface area contributed by atoms with Gasteiger partial charge in [0.25, 0.3) is 0 Å². The zero-order chi connectivity index (χ0) is 17.1. The number of nitrogens with zero attached hydrogens (tertiary/aromatic N) is 4. The number of nitrogens with one attached hydrogen (secondary N) is 1. The van der Waals surface area contributed by atoms with Crippen molar-refractivity contribution in [3.63, 3.8) is 0 Å². The third-order valence-electron chi connectivity index (χ3n) is 5.37. The smallest absolute Gasteiger partial charge is 0.316 e. The van der Waals surface area contributed by atoms with E-state index < -0.39 is 0 Å². The number of hydrogen-bond acceptors (Lipinski definition) is 3. The molecule has 2 amide bonds. The molecule has 0 unspecified atom stereocenters. The van der Waals surface area contributed by atoms with Crippen LogP contribution >= 0.6 is 0 Å². The molecule has 1 atom stereocenters. The first-order valence-electron chi connectivity index (χ1n) is 9.35. The lowest BCUT2D eigenvalue weighted by Crippen LogP contribution is -2.35. The standard InChI is InChI=1S/C19H25N5O/c25-19(23-14-6-10-17(23)16-9-4-5-12-20-16)22-18-11-13-21-24(18)15-7-2-1-3-8-15/h4-5,9,11-13,15,17H,1-3,6-8,10,14H2,(H,22,25)/t17-/m1/s1. The lowest BCUT2D eigenvalue weighted by Gasteiger charge is -2.27. The van der Waals surface area contributed by atoms with Crippen molar-refractivity contribution >= 4 is 11.8 Å². The van der Waals surface area contributed by atoms with Crippen LogP contribution in [0.1, 0.15) is 62.7 Å². The van der Waals surface area contributed by atoms with Crippen molar-refractivity contribution in [2.24, 2.45) is 0 Å². The second-order valence-electron chi connectivity index (χ2n) is 6.99. The average Bonchev–Trinajstić information content (AvgIpc) is 3.32. The van der Waals surface area contributed by atoms with Crippen LogP contribution in [0.4, 0.5) is 10.6 Å². The van der Waals surface area contributed by atoms with Gasteiger partial charge in [-0.2, -0.15) is 5.10 Å². The van der Waals surface area contributed by atoms with Gasteiger partial charge in [-0.3, -0.25) is 10.3 Å². The van der Waals surface area contributed by atoms with Crippen LogP contribution < -0.4 is 5.32 Å². The average molecular weight is 339 g/mol. The molecule has 1 N–H and O–H groups in total. The van der Waals surface area contributed by atoms with Crippen LogP contribution in [0.25, 0.3) is 0 Å². The van der Waals surface area contributed by atoms with Gasteiger partial charge >= 0.3 is 6.03 Å². The highest BCUT2D eigenvalue weighted by Gasteiger charge is 2.31. The molecular formula is C19H25N5O. The van der Waals surface area contributed by atoms with E-state index in [0.29, 0.717) is 6.04 Å². The molecule has 0 aromatic carbocycles. The summed E-state index contributed by atoms with van der Waals surface area (Å²) in [6, 6.07) is 8.21. The molecule has 1 saturated carbocycles. The summed E-state index contributed by atoms with van der Waals surface area (Å²) in [4.78, 5) is 19.2. The first kappa shape index (κ1) is 16.1. The molecule has 1 saturated heterocycles. The summed E-state index contributed by atoms with van der Waals surface area (Å²) in [6.45, 7) is 0.768. The van der Waals surface area contributed by atoms with Crippen molar-refractivity contribution in [1.29, 1.82) is 0 Å². The highest BCUT2D eigenvalue weighted by atomic mass is 16.2. The topological polar surface area (TPSA) is 63.1 Å². The zero-order valence-corrected chi connectivity index (χ0v) is 14.5. The molecule has 0 bridgehead atoms. The largest absolute Gasteiger partial charge is 0.323 e. The van der Waals surface area contributed by atoms with Gasteiger partial charge in [-0.15, -0.1) is 0 Å². The Hall–Kier alpha value is -2.37. The van der Waals surface area contributed by atoms with Gasteiger partial charge in [0.1, 0.15) is 5.82 Å². The fourth-order valence-corrected chi connectivity index (χ4v) is 4.10. The molecule has 4 rings (SSSR count). The van der Waals surface area contributed by atoms with E-state index in [4.69, 9.17) is 0 Å². The normalized spacial score (nSPS) is 21.4. The van der Waals surface area contributed by atoms with Crippen LogP contribution in [0.5, 0.6) is 0 Å². The predicted octanol–water partition coefficient (Wildman–Crippen LogP) is 4.15. The van der Waals surface area contributed by atoms with Crippen LogP contribution in [0.15, 0.2) is 36.7 Å². The van der Waals surface area contributed by atoms with E-state index in [9.17, 15) is 4.79 Å². The van der Waals surface area contributed by atoms with E-state index in [1.807, 2.05) is 33.8 Å². The number of hydrogen-bond donors (Lipinski definition) is 1. The number of carbonyl (C=O) groups excluding carboxylic acids is 1. The minimum atomic E-state index is -0.0503. The quantitative estimate of drug-likeness (QED) is 0.913. The van der Waals surface area contributed by atoms with Gasteiger partial charge in [0, 0.05) is 18.8 Å². The molecule has 132 valence electrons. The van der Waals surface area contributed by atoms with Crippen molar-refractivity contribution in [3.8, 4) is 0 Å². The Kier molecular flexibility index (Phi) is 4.68. The SMILES string of the molecule is O=C(Nc1ccnn1C1CCCCC1)N1CCC[C@@H]1c1ccccn1. The minimum Gasteiger partial charge on any atom is -0.316 e. The number of carbonyl (C=O) groups is 1. The van der Waals surface area contributed by atoms with Gasteiger partial charge in [0.15, 0.2) is 0 Å². The Morgan fingerprint density at radius 3 is 2.72 bits per heavy atom. The predicted molar refractivity (Wildman–Crippen MR) is 96.3 cm³/mol. The maximum absolute atomic E-state index is 12.9. The minimum absolute atomic E-state index is 0.0503. The number of urea groups is 1. The van der Waals surface area contributed by atoms with Gasteiger partial charge in [-0.25, -0.2) is 9.48 Å². The molecule has 2 aromatic heterocycles. The molecule has 2 fully saturated rings. The zero-order valence-electron chi connectivity index (χ0n) is 14.5. The summed E-state index contributed by atoms with van der Waals surface area (Å²) in [5.74, 6) is 0.809. The fraction of sp³-hybridized carbons (Fsp3) is 0.526. The van der Waals surface area contributed by atoms with Crippen molar-refractivity contribution in [3.05, 3.63) is 42.4 Å². The lowest BCUT2D eigenvalue weighted by atomic mass is 9.96. The molecule has 6 nitrogen and oxygen atoms in total.